The number of amides is 1. The Balaban J connectivity index is 0.000000381. The molecule has 1 aliphatic rings. The quantitative estimate of drug-likeness (QED) is 0.766. The fourth-order valence-corrected chi connectivity index (χ4v) is 2.09. The number of carbonyl (C=O) groups is 2. The highest BCUT2D eigenvalue weighted by molar-refractivity contribution is 5.73. The van der Waals surface area contributed by atoms with Gasteiger partial charge in [-0.1, -0.05) is 30.3 Å². The molecule has 25 heavy (non-hydrogen) atoms. The number of carboxylic acid groups (broad SMARTS) is 1. The number of hydrogen-bond acceptors (Lipinski definition) is 4. The van der Waals surface area contributed by atoms with Crippen molar-refractivity contribution in [1.82, 2.24) is 10.6 Å². The van der Waals surface area contributed by atoms with Crippen molar-refractivity contribution in [2.75, 3.05) is 19.6 Å². The Morgan fingerprint density at radius 3 is 2.28 bits per heavy atom. The summed E-state index contributed by atoms with van der Waals surface area (Å²) in [7, 11) is 0. The van der Waals surface area contributed by atoms with Crippen LogP contribution in [0.15, 0.2) is 30.3 Å². The van der Waals surface area contributed by atoms with Crippen molar-refractivity contribution in [3.05, 3.63) is 35.9 Å². The number of halogens is 3. The van der Waals surface area contributed by atoms with Crippen LogP contribution < -0.4 is 10.6 Å². The summed E-state index contributed by atoms with van der Waals surface area (Å²) < 4.78 is 36.9. The van der Waals surface area contributed by atoms with Crippen molar-refractivity contribution in [3.8, 4) is 0 Å². The molecule has 6 nitrogen and oxygen atoms in total. The summed E-state index contributed by atoms with van der Waals surface area (Å²) in [6, 6.07) is 9.71. The first-order valence-corrected chi connectivity index (χ1v) is 7.74. The third kappa shape index (κ3) is 9.55. The fourth-order valence-electron chi connectivity index (χ4n) is 2.09. The second kappa shape index (κ2) is 10.5. The van der Waals surface area contributed by atoms with Crippen LogP contribution in [0.4, 0.5) is 18.0 Å². The number of alkyl halides is 3. The first-order chi connectivity index (χ1) is 11.8. The number of hydrogen-bond donors (Lipinski definition) is 3. The van der Waals surface area contributed by atoms with Gasteiger partial charge in [0, 0.05) is 6.54 Å². The monoisotopic (exact) mass is 362 g/mol. The molecule has 0 spiro atoms. The van der Waals surface area contributed by atoms with E-state index in [9.17, 15) is 18.0 Å². The standard InChI is InChI=1S/C14H20N2O2.C2HF3O2/c17-14(16-10-12-6-8-15-9-7-12)18-11-13-4-2-1-3-5-13;3-2(4,5)1(6)7/h1-5,12,15H,6-11H2,(H,16,17);(H,6,7). The Hall–Kier alpha value is -2.29. The molecule has 1 heterocycles. The van der Waals surface area contributed by atoms with Crippen LogP contribution >= 0.6 is 0 Å². The molecule has 9 heteroatoms. The zero-order valence-corrected chi connectivity index (χ0v) is 13.5. The van der Waals surface area contributed by atoms with Gasteiger partial charge >= 0.3 is 18.2 Å². The molecule has 1 aromatic carbocycles. The Morgan fingerprint density at radius 2 is 1.76 bits per heavy atom. The van der Waals surface area contributed by atoms with Crippen LogP contribution in [0.5, 0.6) is 0 Å². The molecule has 1 fully saturated rings. The van der Waals surface area contributed by atoms with Crippen molar-refractivity contribution >= 4 is 12.1 Å². The van der Waals surface area contributed by atoms with Gasteiger partial charge in [0.25, 0.3) is 0 Å². The van der Waals surface area contributed by atoms with Gasteiger partial charge in [-0.25, -0.2) is 9.59 Å². The van der Waals surface area contributed by atoms with E-state index >= 15 is 0 Å². The lowest BCUT2D eigenvalue weighted by Crippen LogP contribution is -2.36. The molecular weight excluding hydrogens is 341 g/mol. The predicted octanol–water partition coefficient (Wildman–Crippen LogP) is 2.55. The molecule has 1 amide bonds. The molecule has 2 rings (SSSR count). The summed E-state index contributed by atoms with van der Waals surface area (Å²) in [5.41, 5.74) is 1.01. The number of benzene rings is 1. The normalized spacial score (nSPS) is 14.8. The number of aliphatic carboxylic acids is 1. The van der Waals surface area contributed by atoms with Crippen LogP contribution in [0, 0.1) is 5.92 Å². The van der Waals surface area contributed by atoms with Gasteiger partial charge in [0.1, 0.15) is 6.61 Å². The van der Waals surface area contributed by atoms with Gasteiger partial charge in [-0.2, -0.15) is 13.2 Å². The van der Waals surface area contributed by atoms with Crippen LogP contribution in [0.1, 0.15) is 18.4 Å². The van der Waals surface area contributed by atoms with Crippen molar-refractivity contribution in [1.29, 1.82) is 0 Å². The van der Waals surface area contributed by atoms with Gasteiger partial charge in [-0.3, -0.25) is 0 Å². The van der Waals surface area contributed by atoms with Gasteiger partial charge < -0.3 is 20.5 Å². The maximum absolute atomic E-state index is 11.5. The minimum absolute atomic E-state index is 0.322. The molecule has 0 aromatic heterocycles. The second-order valence-corrected chi connectivity index (χ2v) is 5.44. The summed E-state index contributed by atoms with van der Waals surface area (Å²) in [6.07, 6.45) is -3.16. The molecule has 140 valence electrons. The average Bonchev–Trinajstić information content (AvgIpc) is 2.60. The second-order valence-electron chi connectivity index (χ2n) is 5.44. The molecule has 0 atom stereocenters. The largest absolute Gasteiger partial charge is 0.490 e. The topological polar surface area (TPSA) is 87.7 Å². The Labute approximate surface area is 143 Å². The van der Waals surface area contributed by atoms with Gasteiger partial charge in [0.15, 0.2) is 0 Å². The third-order valence-electron chi connectivity index (χ3n) is 3.45. The van der Waals surface area contributed by atoms with Crippen molar-refractivity contribution < 1.29 is 32.6 Å². The summed E-state index contributed by atoms with van der Waals surface area (Å²) in [5, 5.41) is 13.3. The van der Waals surface area contributed by atoms with Crippen LogP contribution in [-0.4, -0.2) is 43.0 Å². The van der Waals surface area contributed by atoms with E-state index in [1.807, 2.05) is 30.3 Å². The number of piperidine rings is 1. The Bertz CT molecular complexity index is 532. The number of nitrogens with one attached hydrogen (secondary N) is 2. The van der Waals surface area contributed by atoms with Gasteiger partial charge in [0.2, 0.25) is 0 Å². The fraction of sp³-hybridized carbons (Fsp3) is 0.500. The van der Waals surface area contributed by atoms with E-state index in [0.717, 1.165) is 38.0 Å². The number of ether oxygens (including phenoxy) is 1. The zero-order chi connectivity index (χ0) is 18.7. The number of alkyl carbamates (subject to hydrolysis) is 1. The van der Waals surface area contributed by atoms with Crippen molar-refractivity contribution in [2.24, 2.45) is 5.92 Å². The number of rotatable bonds is 4. The zero-order valence-electron chi connectivity index (χ0n) is 13.5. The Morgan fingerprint density at radius 1 is 1.20 bits per heavy atom. The van der Waals surface area contributed by atoms with E-state index in [4.69, 9.17) is 14.6 Å². The van der Waals surface area contributed by atoms with Crippen LogP contribution in [0.2, 0.25) is 0 Å². The molecule has 0 aliphatic carbocycles. The first kappa shape index (κ1) is 20.8. The smallest absolute Gasteiger partial charge is 0.475 e. The lowest BCUT2D eigenvalue weighted by atomic mass is 9.98. The molecule has 1 aliphatic heterocycles. The highest BCUT2D eigenvalue weighted by atomic mass is 19.4. The summed E-state index contributed by atoms with van der Waals surface area (Å²) >= 11 is 0. The van der Waals surface area contributed by atoms with Crippen molar-refractivity contribution in [3.63, 3.8) is 0 Å². The molecule has 3 N–H and O–H groups in total. The van der Waals surface area contributed by atoms with Crippen LogP contribution in [-0.2, 0) is 16.1 Å². The maximum Gasteiger partial charge on any atom is 0.490 e. The maximum atomic E-state index is 11.5. The average molecular weight is 362 g/mol. The number of carbonyl (C=O) groups excluding carboxylic acids is 1. The number of carboxylic acids is 1. The summed E-state index contributed by atoms with van der Waals surface area (Å²) in [5.74, 6) is -2.18. The molecule has 1 saturated heterocycles. The molecule has 1 aromatic rings. The van der Waals surface area contributed by atoms with E-state index < -0.39 is 12.1 Å². The van der Waals surface area contributed by atoms with Crippen LogP contribution in [0.25, 0.3) is 0 Å². The molecular formula is C16H21F3N2O4. The lowest BCUT2D eigenvalue weighted by Gasteiger charge is -2.22. The van der Waals surface area contributed by atoms with E-state index in [0.29, 0.717) is 12.5 Å². The van der Waals surface area contributed by atoms with E-state index in [-0.39, 0.29) is 6.09 Å². The highest BCUT2D eigenvalue weighted by Gasteiger charge is 2.38. The minimum Gasteiger partial charge on any atom is -0.475 e. The van der Waals surface area contributed by atoms with Gasteiger partial charge in [-0.05, 0) is 37.4 Å². The van der Waals surface area contributed by atoms with Crippen LogP contribution in [0.3, 0.4) is 0 Å². The summed E-state index contributed by atoms with van der Waals surface area (Å²) in [4.78, 5) is 20.4. The predicted molar refractivity (Wildman–Crippen MR) is 83.9 cm³/mol. The first-order valence-electron chi connectivity index (χ1n) is 7.74. The summed E-state index contributed by atoms with van der Waals surface area (Å²) in [6.45, 7) is 3.14. The molecule has 0 saturated carbocycles. The van der Waals surface area contributed by atoms with Gasteiger partial charge in [-0.15, -0.1) is 0 Å². The third-order valence-corrected chi connectivity index (χ3v) is 3.45. The SMILES string of the molecule is O=C(NCC1CCNCC1)OCc1ccccc1.O=C(O)C(F)(F)F. The molecule has 0 bridgehead atoms. The lowest BCUT2D eigenvalue weighted by molar-refractivity contribution is -0.192. The minimum atomic E-state index is -5.08. The Kier molecular flexibility index (Phi) is 8.76. The molecule has 0 radical (unpaired) electrons. The van der Waals surface area contributed by atoms with E-state index in [2.05, 4.69) is 10.6 Å². The van der Waals surface area contributed by atoms with Crippen molar-refractivity contribution in [2.45, 2.75) is 25.6 Å². The van der Waals surface area contributed by atoms with Gasteiger partial charge in [0.05, 0.1) is 0 Å². The highest BCUT2D eigenvalue weighted by Crippen LogP contribution is 2.13. The van der Waals surface area contributed by atoms with E-state index in [1.54, 1.807) is 0 Å². The molecule has 0 unspecified atom stereocenters. The van der Waals surface area contributed by atoms with E-state index in [1.165, 1.54) is 0 Å².